The lowest BCUT2D eigenvalue weighted by Gasteiger charge is -2.10. The van der Waals surface area contributed by atoms with E-state index >= 15 is 0 Å². The molecule has 1 heterocycles. The third-order valence-corrected chi connectivity index (χ3v) is 4.50. The van der Waals surface area contributed by atoms with Crippen molar-refractivity contribution >= 4 is 17.0 Å². The Morgan fingerprint density at radius 3 is 2.32 bits per heavy atom. The summed E-state index contributed by atoms with van der Waals surface area (Å²) in [6.07, 6.45) is 1.22. The Kier molecular flexibility index (Phi) is 4.97. The number of carbonyl (C=O) groups is 1. The minimum absolute atomic E-state index is 0.149. The van der Waals surface area contributed by atoms with Crippen molar-refractivity contribution in [3.05, 3.63) is 101 Å². The monoisotopic (exact) mass is 370 g/mol. The molecule has 0 unspecified atom stereocenters. The van der Waals surface area contributed by atoms with Crippen LogP contribution in [0.5, 0.6) is 0 Å². The Morgan fingerprint density at radius 1 is 0.857 bits per heavy atom. The van der Waals surface area contributed by atoms with Crippen LogP contribution in [0, 0.1) is 0 Å². The summed E-state index contributed by atoms with van der Waals surface area (Å²) in [6, 6.07) is 25.1. The van der Waals surface area contributed by atoms with Crippen molar-refractivity contribution < 1.29 is 9.53 Å². The first-order valence-corrected chi connectivity index (χ1v) is 8.95. The fraction of sp³-hybridized carbons (Fsp3) is 0.0870. The number of hydrogen-bond donors (Lipinski definition) is 0. The highest BCUT2D eigenvalue weighted by molar-refractivity contribution is 5.77. The second kappa shape index (κ2) is 7.88. The summed E-state index contributed by atoms with van der Waals surface area (Å²) >= 11 is 0. The summed E-state index contributed by atoms with van der Waals surface area (Å²) < 4.78 is 6.74. The normalized spacial score (nSPS) is 10.7. The molecule has 3 aromatic carbocycles. The minimum Gasteiger partial charge on any atom is -0.459 e. The Hall–Kier alpha value is -3.73. The molecule has 5 heteroatoms. The van der Waals surface area contributed by atoms with Crippen LogP contribution in [0.1, 0.15) is 5.56 Å². The molecule has 0 saturated carbocycles. The molecule has 138 valence electrons. The molecule has 0 amide bonds. The first kappa shape index (κ1) is 17.7. The van der Waals surface area contributed by atoms with Crippen LogP contribution in [-0.4, -0.2) is 15.5 Å². The van der Waals surface area contributed by atoms with Crippen molar-refractivity contribution in [1.29, 1.82) is 0 Å². The number of esters is 1. The molecule has 5 nitrogen and oxygen atoms in total. The van der Waals surface area contributed by atoms with Crippen molar-refractivity contribution in [2.24, 2.45) is 0 Å². The van der Waals surface area contributed by atoms with E-state index in [0.29, 0.717) is 11.0 Å². The van der Waals surface area contributed by atoms with Crippen LogP contribution in [-0.2, 0) is 22.7 Å². The van der Waals surface area contributed by atoms with E-state index in [1.165, 1.54) is 10.8 Å². The fourth-order valence-electron chi connectivity index (χ4n) is 3.04. The van der Waals surface area contributed by atoms with Crippen molar-refractivity contribution in [3.63, 3.8) is 0 Å². The van der Waals surface area contributed by atoms with Gasteiger partial charge in [0.2, 0.25) is 0 Å². The molecule has 0 aliphatic rings. The molecule has 0 saturated heterocycles. The van der Waals surface area contributed by atoms with Gasteiger partial charge in [-0.2, -0.15) is 0 Å². The molecule has 0 bridgehead atoms. The lowest BCUT2D eigenvalue weighted by atomic mass is 10.0. The van der Waals surface area contributed by atoms with E-state index in [1.54, 1.807) is 18.2 Å². The van der Waals surface area contributed by atoms with Crippen LogP contribution in [0.3, 0.4) is 0 Å². The minimum atomic E-state index is -0.467. The van der Waals surface area contributed by atoms with Crippen LogP contribution < -0.4 is 5.56 Å². The molecule has 1 aromatic heterocycles. The molecule has 0 spiro atoms. The van der Waals surface area contributed by atoms with Gasteiger partial charge in [-0.05, 0) is 28.8 Å². The van der Waals surface area contributed by atoms with Gasteiger partial charge in [0.15, 0.2) is 0 Å². The zero-order valence-corrected chi connectivity index (χ0v) is 15.1. The van der Waals surface area contributed by atoms with Crippen molar-refractivity contribution in [2.75, 3.05) is 0 Å². The summed E-state index contributed by atoms with van der Waals surface area (Å²) in [6.45, 7) is 0.00956. The van der Waals surface area contributed by atoms with E-state index in [2.05, 4.69) is 4.98 Å². The second-order valence-corrected chi connectivity index (χ2v) is 6.39. The fourth-order valence-corrected chi connectivity index (χ4v) is 3.04. The molecular weight excluding hydrogens is 352 g/mol. The van der Waals surface area contributed by atoms with Gasteiger partial charge in [0.1, 0.15) is 13.2 Å². The summed E-state index contributed by atoms with van der Waals surface area (Å²) in [5, 5.41) is 0. The maximum absolute atomic E-state index is 12.3. The summed E-state index contributed by atoms with van der Waals surface area (Å²) in [4.78, 5) is 28.5. The third-order valence-electron chi connectivity index (χ3n) is 4.50. The van der Waals surface area contributed by atoms with E-state index in [1.807, 2.05) is 60.7 Å². The number of aromatic nitrogens is 2. The number of fused-ring (bicyclic) bond motifs is 1. The number of ether oxygens (including phenoxy) is 1. The highest BCUT2D eigenvalue weighted by atomic mass is 16.5. The molecule has 0 fully saturated rings. The van der Waals surface area contributed by atoms with Crippen molar-refractivity contribution in [1.82, 2.24) is 9.55 Å². The Bertz CT molecular complexity index is 1170. The van der Waals surface area contributed by atoms with E-state index in [4.69, 9.17) is 4.74 Å². The van der Waals surface area contributed by atoms with Gasteiger partial charge in [0, 0.05) is 0 Å². The summed E-state index contributed by atoms with van der Waals surface area (Å²) in [5.74, 6) is -0.467. The number of benzene rings is 3. The van der Waals surface area contributed by atoms with Crippen molar-refractivity contribution in [3.8, 4) is 11.1 Å². The van der Waals surface area contributed by atoms with E-state index in [-0.39, 0.29) is 18.7 Å². The number of nitrogens with zero attached hydrogens (tertiary/aromatic N) is 2. The summed E-state index contributed by atoms with van der Waals surface area (Å²) in [7, 11) is 0. The average Bonchev–Trinajstić information content (AvgIpc) is 2.75. The van der Waals surface area contributed by atoms with Gasteiger partial charge in [-0.15, -0.1) is 0 Å². The van der Waals surface area contributed by atoms with Gasteiger partial charge >= 0.3 is 5.97 Å². The van der Waals surface area contributed by atoms with Gasteiger partial charge in [0.25, 0.3) is 5.56 Å². The Morgan fingerprint density at radius 2 is 1.54 bits per heavy atom. The molecular formula is C23H18N2O3. The predicted octanol–water partition coefficient (Wildman–Crippen LogP) is 3.81. The maximum Gasteiger partial charge on any atom is 0.326 e. The smallest absolute Gasteiger partial charge is 0.326 e. The largest absolute Gasteiger partial charge is 0.459 e. The molecule has 4 aromatic rings. The quantitative estimate of drug-likeness (QED) is 0.501. The lowest BCUT2D eigenvalue weighted by Crippen LogP contribution is -2.25. The van der Waals surface area contributed by atoms with Crippen LogP contribution in [0.4, 0.5) is 0 Å². The number of hydrogen-bond acceptors (Lipinski definition) is 4. The molecule has 28 heavy (non-hydrogen) atoms. The molecule has 0 N–H and O–H groups in total. The van der Waals surface area contributed by atoms with Gasteiger partial charge in [0.05, 0.1) is 17.2 Å². The van der Waals surface area contributed by atoms with E-state index < -0.39 is 5.97 Å². The molecule has 4 rings (SSSR count). The maximum atomic E-state index is 12.3. The summed E-state index contributed by atoms with van der Waals surface area (Å²) in [5.41, 5.74) is 4.06. The molecule has 0 aliphatic heterocycles. The van der Waals surface area contributed by atoms with E-state index in [9.17, 15) is 9.59 Å². The average molecular weight is 370 g/mol. The van der Waals surface area contributed by atoms with Crippen LogP contribution in [0.15, 0.2) is 89.9 Å². The zero-order chi connectivity index (χ0) is 19.3. The van der Waals surface area contributed by atoms with Gasteiger partial charge in [-0.3, -0.25) is 14.2 Å². The Labute approximate surface area is 161 Å². The number of rotatable bonds is 5. The third kappa shape index (κ3) is 3.83. The van der Waals surface area contributed by atoms with Crippen LogP contribution in [0.2, 0.25) is 0 Å². The van der Waals surface area contributed by atoms with Crippen LogP contribution in [0.25, 0.3) is 22.2 Å². The van der Waals surface area contributed by atoms with Gasteiger partial charge in [-0.25, -0.2) is 4.98 Å². The van der Waals surface area contributed by atoms with Gasteiger partial charge < -0.3 is 4.74 Å². The van der Waals surface area contributed by atoms with E-state index in [0.717, 1.165) is 16.7 Å². The predicted molar refractivity (Wildman–Crippen MR) is 108 cm³/mol. The highest BCUT2D eigenvalue weighted by Crippen LogP contribution is 2.19. The Balaban J connectivity index is 1.43. The lowest BCUT2D eigenvalue weighted by molar-refractivity contribution is -0.145. The highest BCUT2D eigenvalue weighted by Gasteiger charge is 2.10. The molecule has 0 radical (unpaired) electrons. The van der Waals surface area contributed by atoms with Crippen molar-refractivity contribution in [2.45, 2.75) is 13.2 Å². The molecule has 0 atom stereocenters. The molecule has 0 aliphatic carbocycles. The number of para-hydroxylation sites is 2. The first-order valence-electron chi connectivity index (χ1n) is 8.95. The van der Waals surface area contributed by atoms with Gasteiger partial charge in [-0.1, -0.05) is 66.7 Å². The SMILES string of the molecule is O=C(Cn1c(=O)cnc2ccccc21)OCc1ccc(-c2ccccc2)cc1. The number of carbonyl (C=O) groups excluding carboxylic acids is 1. The topological polar surface area (TPSA) is 61.2 Å². The standard InChI is InChI=1S/C23H18N2O3/c26-22-14-24-20-8-4-5-9-21(20)25(22)15-23(27)28-16-17-10-12-19(13-11-17)18-6-2-1-3-7-18/h1-14H,15-16H2. The zero-order valence-electron chi connectivity index (χ0n) is 15.1. The second-order valence-electron chi connectivity index (χ2n) is 6.39. The van der Waals surface area contributed by atoms with Crippen LogP contribution >= 0.6 is 0 Å². The first-order chi connectivity index (χ1) is 13.7.